The molecule has 0 unspecified atom stereocenters. The molecule has 0 amide bonds. The van der Waals surface area contributed by atoms with Gasteiger partial charge in [0.25, 0.3) is 0 Å². The summed E-state index contributed by atoms with van der Waals surface area (Å²) in [7, 11) is 4.27. The van der Waals surface area contributed by atoms with E-state index in [0.29, 0.717) is 0 Å². The predicted octanol–water partition coefficient (Wildman–Crippen LogP) is 5.01. The molecule has 2 nitrogen and oxygen atoms in total. The summed E-state index contributed by atoms with van der Waals surface area (Å²) in [4.78, 5) is 2.24. The van der Waals surface area contributed by atoms with Crippen molar-refractivity contribution in [3.63, 3.8) is 0 Å². The SMILES string of the molecule is CC(C)[O][Ti][c]1c(C2=C(CN(C)C)C=CC2)ccc2ccccc12.Cl.Cl. The van der Waals surface area contributed by atoms with E-state index >= 15 is 0 Å². The maximum Gasteiger partial charge on any atom is -0.147 e. The van der Waals surface area contributed by atoms with Crippen molar-refractivity contribution in [3.05, 3.63) is 59.7 Å². The zero-order chi connectivity index (χ0) is 17.1. The van der Waals surface area contributed by atoms with Crippen LogP contribution in [0.15, 0.2) is 54.1 Å². The van der Waals surface area contributed by atoms with E-state index in [4.69, 9.17) is 3.32 Å². The third kappa shape index (κ3) is 5.45. The first kappa shape index (κ1) is 23.4. The van der Waals surface area contributed by atoms with Crippen LogP contribution >= 0.6 is 24.8 Å². The first-order chi connectivity index (χ1) is 11.6. The molecule has 0 aliphatic heterocycles. The minimum absolute atomic E-state index is 0. The normalized spacial score (nSPS) is 13.3. The Morgan fingerprint density at radius 2 is 1.81 bits per heavy atom. The fourth-order valence-electron chi connectivity index (χ4n) is 3.13. The second kappa shape index (κ2) is 10.7. The van der Waals surface area contributed by atoms with Gasteiger partial charge in [-0.3, -0.25) is 0 Å². The Morgan fingerprint density at radius 1 is 1.08 bits per heavy atom. The van der Waals surface area contributed by atoms with Crippen molar-refractivity contribution in [2.75, 3.05) is 20.6 Å². The van der Waals surface area contributed by atoms with Crippen LogP contribution in [0.4, 0.5) is 0 Å². The second-order valence-corrected chi connectivity index (χ2v) is 8.29. The molecule has 2 aromatic carbocycles. The number of rotatable bonds is 6. The number of halogens is 2. The number of nitrogens with zero attached hydrogens (tertiary/aromatic N) is 1. The van der Waals surface area contributed by atoms with Crippen LogP contribution in [-0.4, -0.2) is 31.6 Å². The molecule has 0 atom stereocenters. The van der Waals surface area contributed by atoms with E-state index in [1.54, 1.807) is 0 Å². The van der Waals surface area contributed by atoms with Crippen molar-refractivity contribution < 1.29 is 22.9 Å². The van der Waals surface area contributed by atoms with E-state index < -0.39 is 19.5 Å². The van der Waals surface area contributed by atoms with Crippen LogP contribution in [0.2, 0.25) is 0 Å². The molecule has 0 aromatic heterocycles. The first-order valence-corrected chi connectivity index (χ1v) is 9.95. The average Bonchev–Trinajstić information content (AvgIpc) is 2.99. The number of benzene rings is 2. The molecule has 140 valence electrons. The van der Waals surface area contributed by atoms with Gasteiger partial charge in [-0.15, -0.1) is 24.8 Å². The largest absolute Gasteiger partial charge is 0.147 e. The number of hydrogen-bond acceptors (Lipinski definition) is 2. The number of fused-ring (bicyclic) bond motifs is 1. The Morgan fingerprint density at radius 3 is 2.50 bits per heavy atom. The molecular weight excluding hydrogens is 401 g/mol. The van der Waals surface area contributed by atoms with Crippen LogP contribution in [0, 0.1) is 0 Å². The van der Waals surface area contributed by atoms with Crippen molar-refractivity contribution in [1.82, 2.24) is 4.90 Å². The summed E-state index contributed by atoms with van der Waals surface area (Å²) < 4.78 is 7.57. The molecule has 0 saturated carbocycles. The van der Waals surface area contributed by atoms with Crippen LogP contribution < -0.4 is 3.87 Å². The third-order valence-electron chi connectivity index (χ3n) is 4.17. The second-order valence-electron chi connectivity index (χ2n) is 6.83. The van der Waals surface area contributed by atoms with Crippen molar-refractivity contribution in [1.29, 1.82) is 0 Å². The molecule has 3 rings (SSSR count). The average molecular weight is 428 g/mol. The maximum atomic E-state index is 6.12. The molecule has 1 aliphatic rings. The Labute approximate surface area is 178 Å². The number of allylic oxidation sites excluding steroid dienone is 2. The molecule has 1 aliphatic carbocycles. The molecule has 0 bridgehead atoms. The number of hydrogen-bond donors (Lipinski definition) is 0. The molecule has 0 N–H and O–H groups in total. The van der Waals surface area contributed by atoms with Crippen molar-refractivity contribution in [3.8, 4) is 0 Å². The maximum absolute atomic E-state index is 6.12. The van der Waals surface area contributed by atoms with Crippen molar-refractivity contribution in [2.24, 2.45) is 0 Å². The quantitative estimate of drug-likeness (QED) is 0.601. The van der Waals surface area contributed by atoms with Crippen LogP contribution in [0.1, 0.15) is 25.8 Å². The van der Waals surface area contributed by atoms with Crippen LogP contribution in [-0.2, 0) is 22.9 Å². The van der Waals surface area contributed by atoms with Gasteiger partial charge in [-0.25, -0.2) is 0 Å². The van der Waals surface area contributed by atoms with Crippen molar-refractivity contribution >= 4 is 45.0 Å². The van der Waals surface area contributed by atoms with Gasteiger partial charge in [0.15, 0.2) is 0 Å². The van der Waals surface area contributed by atoms with Crippen molar-refractivity contribution in [2.45, 2.75) is 26.4 Å². The smallest absolute Gasteiger partial charge is 0.147 e. The van der Waals surface area contributed by atoms with Crippen LogP contribution in [0.3, 0.4) is 0 Å². The van der Waals surface area contributed by atoms with E-state index in [1.807, 2.05) is 0 Å². The van der Waals surface area contributed by atoms with Gasteiger partial charge in [-0.2, -0.15) is 0 Å². The summed E-state index contributed by atoms with van der Waals surface area (Å²) in [6, 6.07) is 13.3. The third-order valence-corrected chi connectivity index (χ3v) is 6.25. The Bertz CT molecular complexity index is 800. The molecule has 0 saturated heterocycles. The predicted molar refractivity (Wildman–Crippen MR) is 114 cm³/mol. The molecule has 26 heavy (non-hydrogen) atoms. The van der Waals surface area contributed by atoms with E-state index in [9.17, 15) is 0 Å². The molecule has 5 heteroatoms. The Kier molecular flexibility index (Phi) is 9.61. The van der Waals surface area contributed by atoms with E-state index in [0.717, 1.165) is 13.0 Å². The van der Waals surface area contributed by atoms with E-state index in [-0.39, 0.29) is 30.9 Å². The van der Waals surface area contributed by atoms with Gasteiger partial charge >= 0.3 is 155 Å². The molecule has 0 fully saturated rings. The first-order valence-electron chi connectivity index (χ1n) is 8.53. The van der Waals surface area contributed by atoms with Gasteiger partial charge < -0.3 is 0 Å². The summed E-state index contributed by atoms with van der Waals surface area (Å²) >= 11 is -0.626. The van der Waals surface area contributed by atoms with E-state index in [1.165, 1.54) is 31.4 Å². The molecular formula is C21H27Cl2NOTi. The number of likely N-dealkylation sites (N-methyl/N-ethyl adjacent to an activating group) is 1. The zero-order valence-corrected chi connectivity index (χ0v) is 19.0. The summed E-state index contributed by atoms with van der Waals surface area (Å²) in [6.07, 6.45) is 5.89. The molecule has 2 aromatic rings. The standard InChI is InChI=1S/C18H18N.C3H7O.2ClH.Ti/c1-19(2)13-17-8-5-9-18(17)16-11-10-14-6-3-4-7-15(14)12-16;1-3(2)4;;;/h3-8,10-11H,9,13H2,1-2H3;3H,1-2H3;2*1H;/q;-1;;;+1. The van der Waals surface area contributed by atoms with Crippen LogP contribution in [0.5, 0.6) is 0 Å². The summed E-state index contributed by atoms with van der Waals surface area (Å²) in [6.45, 7) is 5.24. The molecule has 0 heterocycles. The van der Waals surface area contributed by atoms with Gasteiger partial charge in [-0.05, 0) is 0 Å². The summed E-state index contributed by atoms with van der Waals surface area (Å²) in [5, 5.41) is 2.67. The minimum Gasteiger partial charge on any atom is -0.147 e. The summed E-state index contributed by atoms with van der Waals surface area (Å²) in [5.74, 6) is 0. The molecule has 0 spiro atoms. The van der Waals surface area contributed by atoms with Gasteiger partial charge in [0.2, 0.25) is 0 Å². The Balaban J connectivity index is 0.00000169. The topological polar surface area (TPSA) is 12.5 Å². The van der Waals surface area contributed by atoms with Crippen LogP contribution in [0.25, 0.3) is 16.3 Å². The van der Waals surface area contributed by atoms with Gasteiger partial charge in [-0.1, -0.05) is 0 Å². The monoisotopic (exact) mass is 427 g/mol. The van der Waals surface area contributed by atoms with E-state index in [2.05, 4.69) is 81.4 Å². The minimum atomic E-state index is -0.626. The molecule has 0 radical (unpaired) electrons. The fourth-order valence-corrected chi connectivity index (χ4v) is 4.75. The van der Waals surface area contributed by atoms with Gasteiger partial charge in [0.1, 0.15) is 0 Å². The summed E-state index contributed by atoms with van der Waals surface area (Å²) in [5.41, 5.74) is 4.31. The fraction of sp³-hybridized carbons (Fsp3) is 0.333. The zero-order valence-electron chi connectivity index (χ0n) is 15.8. The Hall–Kier alpha value is -0.606. The van der Waals surface area contributed by atoms with Gasteiger partial charge in [0.05, 0.1) is 0 Å². The van der Waals surface area contributed by atoms with Gasteiger partial charge in [0, 0.05) is 0 Å².